The van der Waals surface area contributed by atoms with E-state index in [4.69, 9.17) is 0 Å². The standard InChI is InChI=1S/C24H21FN4O/c1-15-7-6-8-18(13-15)23-27-22(24(30)26-20-10-5-4-9-19(20)25)28-29(23)21-14-16(2)11-12-17(21)3/h4-14H,1-3H3,(H,26,30). The Bertz CT molecular complexity index is 1250. The van der Waals surface area contributed by atoms with Crippen LogP contribution in [0.15, 0.2) is 66.7 Å². The maximum absolute atomic E-state index is 14.0. The lowest BCUT2D eigenvalue weighted by atomic mass is 10.1. The molecule has 4 aromatic rings. The summed E-state index contributed by atoms with van der Waals surface area (Å²) in [4.78, 5) is 17.3. The number of rotatable bonds is 4. The van der Waals surface area contributed by atoms with Crippen molar-refractivity contribution in [2.24, 2.45) is 0 Å². The third-order valence-electron chi connectivity index (χ3n) is 4.80. The predicted molar refractivity (Wildman–Crippen MR) is 115 cm³/mol. The van der Waals surface area contributed by atoms with Crippen LogP contribution in [0.5, 0.6) is 0 Å². The molecule has 0 aliphatic heterocycles. The van der Waals surface area contributed by atoms with E-state index in [9.17, 15) is 9.18 Å². The minimum absolute atomic E-state index is 0.0318. The van der Waals surface area contributed by atoms with Crippen LogP contribution in [0.4, 0.5) is 10.1 Å². The van der Waals surface area contributed by atoms with Crippen molar-refractivity contribution in [2.45, 2.75) is 20.8 Å². The van der Waals surface area contributed by atoms with Gasteiger partial charge in [-0.05, 0) is 56.2 Å². The van der Waals surface area contributed by atoms with E-state index in [0.29, 0.717) is 5.82 Å². The van der Waals surface area contributed by atoms with E-state index in [0.717, 1.165) is 27.9 Å². The molecule has 1 aromatic heterocycles. The number of nitrogens with one attached hydrogen (secondary N) is 1. The first-order chi connectivity index (χ1) is 14.4. The number of nitrogens with zero attached hydrogens (tertiary/aromatic N) is 3. The summed E-state index contributed by atoms with van der Waals surface area (Å²) in [5.74, 6) is -0.571. The van der Waals surface area contributed by atoms with E-state index >= 15 is 0 Å². The van der Waals surface area contributed by atoms with Gasteiger partial charge in [0, 0.05) is 5.56 Å². The second kappa shape index (κ2) is 7.91. The van der Waals surface area contributed by atoms with E-state index in [1.807, 2.05) is 63.2 Å². The van der Waals surface area contributed by atoms with Crippen molar-refractivity contribution in [1.82, 2.24) is 14.8 Å². The number of benzene rings is 3. The number of aromatic nitrogens is 3. The zero-order chi connectivity index (χ0) is 21.3. The van der Waals surface area contributed by atoms with Crippen LogP contribution in [0.3, 0.4) is 0 Å². The molecule has 0 aliphatic carbocycles. The lowest BCUT2D eigenvalue weighted by Gasteiger charge is -2.10. The van der Waals surface area contributed by atoms with Gasteiger partial charge in [0.25, 0.3) is 5.91 Å². The van der Waals surface area contributed by atoms with Gasteiger partial charge in [0.1, 0.15) is 5.82 Å². The number of anilines is 1. The van der Waals surface area contributed by atoms with Gasteiger partial charge in [-0.25, -0.2) is 14.1 Å². The summed E-state index contributed by atoms with van der Waals surface area (Å²) in [6.07, 6.45) is 0. The second-order valence-electron chi connectivity index (χ2n) is 7.26. The van der Waals surface area contributed by atoms with Crippen molar-refractivity contribution in [3.8, 4) is 17.1 Å². The number of carbonyl (C=O) groups excluding carboxylic acids is 1. The van der Waals surface area contributed by atoms with Gasteiger partial charge in [-0.2, -0.15) is 0 Å². The third kappa shape index (κ3) is 3.85. The van der Waals surface area contributed by atoms with Crippen LogP contribution in [0.25, 0.3) is 17.1 Å². The fourth-order valence-electron chi connectivity index (χ4n) is 3.24. The van der Waals surface area contributed by atoms with Crippen LogP contribution in [0, 0.1) is 26.6 Å². The zero-order valence-electron chi connectivity index (χ0n) is 17.0. The van der Waals surface area contributed by atoms with Crippen LogP contribution < -0.4 is 5.32 Å². The van der Waals surface area contributed by atoms with Crippen molar-refractivity contribution in [3.63, 3.8) is 0 Å². The first kappa shape index (κ1) is 19.5. The van der Waals surface area contributed by atoms with Gasteiger partial charge in [-0.1, -0.05) is 48.0 Å². The first-order valence-corrected chi connectivity index (χ1v) is 9.60. The largest absolute Gasteiger partial charge is 0.317 e. The third-order valence-corrected chi connectivity index (χ3v) is 4.80. The van der Waals surface area contributed by atoms with Crippen LogP contribution in [-0.4, -0.2) is 20.7 Å². The smallest absolute Gasteiger partial charge is 0.295 e. The number of hydrogen-bond acceptors (Lipinski definition) is 3. The molecule has 4 rings (SSSR count). The maximum Gasteiger partial charge on any atom is 0.295 e. The van der Waals surface area contributed by atoms with Gasteiger partial charge in [0.15, 0.2) is 5.82 Å². The van der Waals surface area contributed by atoms with Crippen LogP contribution in [0.2, 0.25) is 0 Å². The SMILES string of the molecule is Cc1cccc(-c2nc(C(=O)Nc3ccccc3F)nn2-c2cc(C)ccc2C)c1. The molecule has 3 aromatic carbocycles. The Morgan fingerprint density at radius 1 is 0.933 bits per heavy atom. The second-order valence-corrected chi connectivity index (χ2v) is 7.26. The summed E-state index contributed by atoms with van der Waals surface area (Å²) in [7, 11) is 0. The summed E-state index contributed by atoms with van der Waals surface area (Å²) in [6.45, 7) is 5.97. The molecular formula is C24H21FN4O. The molecule has 0 bridgehead atoms. The number of carbonyl (C=O) groups is 1. The summed E-state index contributed by atoms with van der Waals surface area (Å²) in [5, 5.41) is 7.04. The molecule has 0 aliphatic rings. The number of halogens is 1. The summed E-state index contributed by atoms with van der Waals surface area (Å²) < 4.78 is 15.6. The quantitative estimate of drug-likeness (QED) is 0.509. The average molecular weight is 400 g/mol. The van der Waals surface area contributed by atoms with Gasteiger partial charge < -0.3 is 5.32 Å². The Hall–Kier alpha value is -3.80. The lowest BCUT2D eigenvalue weighted by molar-refractivity contribution is 0.101. The Morgan fingerprint density at radius 3 is 2.47 bits per heavy atom. The van der Waals surface area contributed by atoms with E-state index < -0.39 is 11.7 Å². The predicted octanol–water partition coefficient (Wildman–Crippen LogP) is 5.25. The topological polar surface area (TPSA) is 59.8 Å². The molecule has 6 heteroatoms. The molecule has 150 valence electrons. The molecule has 30 heavy (non-hydrogen) atoms. The van der Waals surface area contributed by atoms with Crippen molar-refractivity contribution in [1.29, 1.82) is 0 Å². The summed E-state index contributed by atoms with van der Waals surface area (Å²) >= 11 is 0. The fourth-order valence-corrected chi connectivity index (χ4v) is 3.24. The summed E-state index contributed by atoms with van der Waals surface area (Å²) in [6, 6.07) is 19.9. The molecule has 1 amide bonds. The molecular weight excluding hydrogens is 379 g/mol. The molecule has 1 heterocycles. The lowest BCUT2D eigenvalue weighted by Crippen LogP contribution is -2.15. The van der Waals surface area contributed by atoms with Gasteiger partial charge >= 0.3 is 0 Å². The van der Waals surface area contributed by atoms with Crippen LogP contribution in [0.1, 0.15) is 27.3 Å². The molecule has 0 atom stereocenters. The monoisotopic (exact) mass is 400 g/mol. The Balaban J connectivity index is 1.83. The van der Waals surface area contributed by atoms with E-state index in [2.05, 4.69) is 15.4 Å². The molecule has 0 fully saturated rings. The summed E-state index contributed by atoms with van der Waals surface area (Å²) in [5.41, 5.74) is 4.90. The van der Waals surface area contributed by atoms with E-state index in [1.54, 1.807) is 16.8 Å². The van der Waals surface area contributed by atoms with Crippen molar-refractivity contribution in [2.75, 3.05) is 5.32 Å². The normalized spacial score (nSPS) is 10.8. The van der Waals surface area contributed by atoms with Crippen molar-refractivity contribution < 1.29 is 9.18 Å². The number of amides is 1. The number of para-hydroxylation sites is 1. The molecule has 5 nitrogen and oxygen atoms in total. The van der Waals surface area contributed by atoms with Gasteiger partial charge in [-0.3, -0.25) is 4.79 Å². The maximum atomic E-state index is 14.0. The molecule has 1 N–H and O–H groups in total. The highest BCUT2D eigenvalue weighted by atomic mass is 19.1. The first-order valence-electron chi connectivity index (χ1n) is 9.60. The van der Waals surface area contributed by atoms with Gasteiger partial charge in [0.05, 0.1) is 11.4 Å². The van der Waals surface area contributed by atoms with Crippen LogP contribution >= 0.6 is 0 Å². The van der Waals surface area contributed by atoms with E-state index in [-0.39, 0.29) is 11.5 Å². The average Bonchev–Trinajstić information content (AvgIpc) is 3.17. The van der Waals surface area contributed by atoms with Crippen molar-refractivity contribution >= 4 is 11.6 Å². The van der Waals surface area contributed by atoms with Crippen molar-refractivity contribution in [3.05, 3.63) is 95.1 Å². The molecule has 0 saturated carbocycles. The Morgan fingerprint density at radius 2 is 1.70 bits per heavy atom. The molecule has 0 radical (unpaired) electrons. The van der Waals surface area contributed by atoms with Crippen LogP contribution in [-0.2, 0) is 0 Å². The molecule has 0 unspecified atom stereocenters. The Labute approximate surface area is 174 Å². The zero-order valence-corrected chi connectivity index (χ0v) is 17.0. The number of aryl methyl sites for hydroxylation is 3. The highest BCUT2D eigenvalue weighted by molar-refractivity contribution is 6.01. The van der Waals surface area contributed by atoms with E-state index in [1.165, 1.54) is 12.1 Å². The highest BCUT2D eigenvalue weighted by Crippen LogP contribution is 2.25. The highest BCUT2D eigenvalue weighted by Gasteiger charge is 2.20. The molecule has 0 saturated heterocycles. The van der Waals surface area contributed by atoms with Gasteiger partial charge in [-0.15, -0.1) is 5.10 Å². The fraction of sp³-hybridized carbons (Fsp3) is 0.125. The molecule has 0 spiro atoms. The minimum Gasteiger partial charge on any atom is -0.317 e. The van der Waals surface area contributed by atoms with Gasteiger partial charge in [0.2, 0.25) is 5.82 Å². The number of hydrogen-bond donors (Lipinski definition) is 1. The minimum atomic E-state index is -0.571. The Kier molecular flexibility index (Phi) is 5.14.